The van der Waals surface area contributed by atoms with Gasteiger partial charge in [-0.2, -0.15) is 4.31 Å². The number of halogens is 1. The van der Waals surface area contributed by atoms with Gasteiger partial charge in [0, 0.05) is 6.54 Å². The molecule has 7 heteroatoms. The van der Waals surface area contributed by atoms with Crippen LogP contribution in [0, 0.1) is 0 Å². The van der Waals surface area contributed by atoms with E-state index < -0.39 is 15.6 Å². The Kier molecular flexibility index (Phi) is 3.87. The highest BCUT2D eigenvalue weighted by atomic mass is 79.9. The Morgan fingerprint density at radius 1 is 1.56 bits per heavy atom. The van der Waals surface area contributed by atoms with Gasteiger partial charge in [0.1, 0.15) is 0 Å². The van der Waals surface area contributed by atoms with Crippen LogP contribution in [0.15, 0.2) is 26.3 Å². The Labute approximate surface area is 115 Å². The lowest BCUT2D eigenvalue weighted by molar-refractivity contribution is -0.0192. The first-order valence-electron chi connectivity index (χ1n) is 5.75. The van der Waals surface area contributed by atoms with Crippen LogP contribution < -0.4 is 0 Å². The van der Waals surface area contributed by atoms with Crippen molar-refractivity contribution in [2.45, 2.75) is 30.9 Å². The Hall–Kier alpha value is -0.370. The Morgan fingerprint density at radius 3 is 2.83 bits per heavy atom. The second-order valence-corrected chi connectivity index (χ2v) is 7.15. The number of morpholine rings is 1. The SMILES string of the molecule is CCC1(C)COCCN1S(=O)(=O)c1occc1Br. The van der Waals surface area contributed by atoms with E-state index in [4.69, 9.17) is 9.15 Å². The van der Waals surface area contributed by atoms with Gasteiger partial charge in [0.2, 0.25) is 5.09 Å². The molecule has 102 valence electrons. The quantitative estimate of drug-likeness (QED) is 0.848. The number of hydrogen-bond acceptors (Lipinski definition) is 4. The number of sulfonamides is 1. The van der Waals surface area contributed by atoms with Crippen molar-refractivity contribution in [2.24, 2.45) is 0 Å². The highest BCUT2D eigenvalue weighted by Crippen LogP contribution is 2.33. The van der Waals surface area contributed by atoms with Crippen molar-refractivity contribution < 1.29 is 17.6 Å². The molecule has 0 radical (unpaired) electrons. The highest BCUT2D eigenvalue weighted by molar-refractivity contribution is 9.10. The number of nitrogens with zero attached hydrogens (tertiary/aromatic N) is 1. The summed E-state index contributed by atoms with van der Waals surface area (Å²) in [6, 6.07) is 1.58. The number of ether oxygens (including phenoxy) is 1. The lowest BCUT2D eigenvalue weighted by Gasteiger charge is -2.42. The molecule has 1 unspecified atom stereocenters. The van der Waals surface area contributed by atoms with Crippen molar-refractivity contribution in [1.82, 2.24) is 4.31 Å². The third kappa shape index (κ3) is 2.24. The lowest BCUT2D eigenvalue weighted by atomic mass is 9.99. The van der Waals surface area contributed by atoms with Gasteiger partial charge in [-0.3, -0.25) is 0 Å². The first-order chi connectivity index (χ1) is 8.42. The van der Waals surface area contributed by atoms with E-state index in [0.717, 1.165) is 0 Å². The monoisotopic (exact) mass is 337 g/mol. The summed E-state index contributed by atoms with van der Waals surface area (Å²) in [5.41, 5.74) is -0.524. The standard InChI is InChI=1S/C11H16BrNO4S/c1-3-11(2)8-16-7-5-13(11)18(14,15)10-9(12)4-6-17-10/h4,6H,3,5,7-8H2,1-2H3. The van der Waals surface area contributed by atoms with Crippen LogP contribution in [0.3, 0.4) is 0 Å². The minimum atomic E-state index is -3.63. The molecule has 0 saturated carbocycles. The Balaban J connectivity index is 2.43. The average molecular weight is 338 g/mol. The van der Waals surface area contributed by atoms with Crippen LogP contribution in [0.4, 0.5) is 0 Å². The molecule has 2 heterocycles. The van der Waals surface area contributed by atoms with E-state index in [-0.39, 0.29) is 5.09 Å². The molecule has 0 spiro atoms. The van der Waals surface area contributed by atoms with Gasteiger partial charge in [0.15, 0.2) is 0 Å². The van der Waals surface area contributed by atoms with Crippen molar-refractivity contribution in [3.05, 3.63) is 16.8 Å². The molecule has 0 amide bonds. The van der Waals surface area contributed by atoms with Crippen molar-refractivity contribution >= 4 is 26.0 Å². The second-order valence-electron chi connectivity index (χ2n) is 4.54. The number of furan rings is 1. The van der Waals surface area contributed by atoms with Crippen LogP contribution in [-0.4, -0.2) is 38.0 Å². The van der Waals surface area contributed by atoms with Gasteiger partial charge in [-0.15, -0.1) is 0 Å². The van der Waals surface area contributed by atoms with E-state index >= 15 is 0 Å². The smallest absolute Gasteiger partial charge is 0.278 e. The third-order valence-electron chi connectivity index (χ3n) is 3.32. The molecule has 0 aromatic carbocycles. The maximum atomic E-state index is 12.6. The molecule has 1 aromatic rings. The second kappa shape index (κ2) is 4.96. The molecular weight excluding hydrogens is 322 g/mol. The Bertz CT molecular complexity index is 527. The van der Waals surface area contributed by atoms with Crippen LogP contribution in [0.25, 0.3) is 0 Å². The molecule has 0 N–H and O–H groups in total. The summed E-state index contributed by atoms with van der Waals surface area (Å²) in [4.78, 5) is 0. The predicted octanol–water partition coefficient (Wildman–Crippen LogP) is 2.23. The molecule has 1 aliphatic heterocycles. The zero-order valence-electron chi connectivity index (χ0n) is 10.3. The zero-order chi connectivity index (χ0) is 13.4. The molecule has 5 nitrogen and oxygen atoms in total. The summed E-state index contributed by atoms with van der Waals surface area (Å²) in [7, 11) is -3.63. The summed E-state index contributed by atoms with van der Waals surface area (Å²) in [5, 5.41) is -0.0379. The fraction of sp³-hybridized carbons (Fsp3) is 0.636. The topological polar surface area (TPSA) is 59.8 Å². The molecule has 1 aliphatic rings. The predicted molar refractivity (Wildman–Crippen MR) is 69.8 cm³/mol. The van der Waals surface area contributed by atoms with Crippen molar-refractivity contribution in [3.63, 3.8) is 0 Å². The molecule has 0 bridgehead atoms. The Morgan fingerprint density at radius 2 is 2.28 bits per heavy atom. The number of hydrogen-bond donors (Lipinski definition) is 0. The maximum absolute atomic E-state index is 12.6. The largest absolute Gasteiger partial charge is 0.451 e. The summed E-state index contributed by atoms with van der Waals surface area (Å²) in [5.74, 6) is 0. The molecule has 0 aliphatic carbocycles. The van der Waals surface area contributed by atoms with Crippen LogP contribution in [0.5, 0.6) is 0 Å². The van der Waals surface area contributed by atoms with E-state index in [9.17, 15) is 8.42 Å². The van der Waals surface area contributed by atoms with E-state index in [1.807, 2.05) is 13.8 Å². The lowest BCUT2D eigenvalue weighted by Crippen LogP contribution is -2.56. The summed E-state index contributed by atoms with van der Waals surface area (Å²) in [6.45, 7) is 5.00. The van der Waals surface area contributed by atoms with Crippen LogP contribution in [0.1, 0.15) is 20.3 Å². The van der Waals surface area contributed by atoms with Crippen LogP contribution >= 0.6 is 15.9 Å². The normalized spacial score (nSPS) is 26.4. The number of rotatable bonds is 3. The molecule has 2 rings (SSSR count). The van der Waals surface area contributed by atoms with E-state index in [1.54, 1.807) is 6.07 Å². The van der Waals surface area contributed by atoms with Crippen molar-refractivity contribution in [2.75, 3.05) is 19.8 Å². The van der Waals surface area contributed by atoms with E-state index in [2.05, 4.69) is 15.9 Å². The van der Waals surface area contributed by atoms with Gasteiger partial charge >= 0.3 is 0 Å². The third-order valence-corrected chi connectivity index (χ3v) is 6.20. The van der Waals surface area contributed by atoms with Crippen LogP contribution in [0.2, 0.25) is 0 Å². The molecular formula is C11H16BrNO4S. The zero-order valence-corrected chi connectivity index (χ0v) is 12.8. The van der Waals surface area contributed by atoms with Gasteiger partial charge in [-0.1, -0.05) is 6.92 Å². The van der Waals surface area contributed by atoms with Gasteiger partial charge in [-0.25, -0.2) is 8.42 Å². The minimum absolute atomic E-state index is 0.0379. The summed E-state index contributed by atoms with van der Waals surface area (Å²) < 4.78 is 37.6. The molecule has 1 aromatic heterocycles. The average Bonchev–Trinajstić information content (AvgIpc) is 2.76. The summed E-state index contributed by atoms with van der Waals surface area (Å²) >= 11 is 3.20. The van der Waals surface area contributed by atoms with Crippen LogP contribution in [-0.2, 0) is 14.8 Å². The van der Waals surface area contributed by atoms with Gasteiger partial charge in [0.25, 0.3) is 10.0 Å². The molecule has 1 saturated heterocycles. The van der Waals surface area contributed by atoms with E-state index in [0.29, 0.717) is 30.7 Å². The minimum Gasteiger partial charge on any atom is -0.451 e. The highest BCUT2D eigenvalue weighted by Gasteiger charge is 2.43. The fourth-order valence-corrected chi connectivity index (χ4v) is 4.62. The van der Waals surface area contributed by atoms with E-state index in [1.165, 1.54) is 10.6 Å². The molecule has 18 heavy (non-hydrogen) atoms. The first-order valence-corrected chi connectivity index (χ1v) is 7.99. The molecule has 1 atom stereocenters. The van der Waals surface area contributed by atoms with Crippen molar-refractivity contribution in [3.8, 4) is 0 Å². The van der Waals surface area contributed by atoms with Gasteiger partial charge in [0.05, 0.1) is 29.5 Å². The van der Waals surface area contributed by atoms with Crippen molar-refractivity contribution in [1.29, 1.82) is 0 Å². The first kappa shape index (κ1) is 14.0. The fourth-order valence-electron chi connectivity index (χ4n) is 2.03. The summed E-state index contributed by atoms with van der Waals surface area (Å²) in [6.07, 6.45) is 2.05. The van der Waals surface area contributed by atoms with Gasteiger partial charge in [-0.05, 0) is 35.3 Å². The molecule has 1 fully saturated rings. The maximum Gasteiger partial charge on any atom is 0.278 e. The van der Waals surface area contributed by atoms with Gasteiger partial charge < -0.3 is 9.15 Å².